The molecule has 3 rings (SSSR count). The molecule has 0 amide bonds. The molecule has 162 valence electrons. The summed E-state index contributed by atoms with van der Waals surface area (Å²) in [7, 11) is 0. The number of aliphatic carboxylic acids is 1. The van der Waals surface area contributed by atoms with Gasteiger partial charge in [0, 0.05) is 17.3 Å². The molecule has 0 unspecified atom stereocenters. The van der Waals surface area contributed by atoms with Crippen molar-refractivity contribution in [2.24, 2.45) is 34.5 Å². The molecule has 0 saturated heterocycles. The van der Waals surface area contributed by atoms with Crippen LogP contribution in [0.25, 0.3) is 6.08 Å². The molecule has 0 bridgehead atoms. The first-order valence-corrected chi connectivity index (χ1v) is 11.6. The number of carboxylic acid groups (broad SMARTS) is 1. The molecule has 0 radical (unpaired) electrons. The topological polar surface area (TPSA) is 54.4 Å². The fourth-order valence-corrected chi connectivity index (χ4v) is 6.73. The number of hydrogen-bond acceptors (Lipinski definition) is 2. The van der Waals surface area contributed by atoms with Crippen molar-refractivity contribution in [2.75, 3.05) is 0 Å². The summed E-state index contributed by atoms with van der Waals surface area (Å²) in [6.07, 6.45) is 9.29. The summed E-state index contributed by atoms with van der Waals surface area (Å²) < 4.78 is 0. The van der Waals surface area contributed by atoms with Gasteiger partial charge in [-0.25, -0.2) is 0 Å². The van der Waals surface area contributed by atoms with Crippen LogP contribution >= 0.6 is 0 Å². The number of ketones is 1. The number of benzene rings is 1. The third kappa shape index (κ3) is 3.09. The Balaban J connectivity index is 2.29. The highest BCUT2D eigenvalue weighted by Crippen LogP contribution is 2.66. The van der Waals surface area contributed by atoms with Gasteiger partial charge in [0.2, 0.25) is 0 Å². The second-order valence-electron chi connectivity index (χ2n) is 9.10. The monoisotopic (exact) mass is 408 g/mol. The van der Waals surface area contributed by atoms with Crippen LogP contribution in [0, 0.1) is 34.5 Å². The summed E-state index contributed by atoms with van der Waals surface area (Å²) in [5, 5.41) is 10.7. The Labute approximate surface area is 181 Å². The second-order valence-corrected chi connectivity index (χ2v) is 9.10. The Morgan fingerprint density at radius 1 is 1.10 bits per heavy atom. The number of carbonyl (C=O) groups is 2. The molecule has 2 aliphatic rings. The number of rotatable bonds is 7. The molecule has 1 saturated carbocycles. The fraction of sp³-hybridized carbons (Fsp3) is 0.556. The zero-order valence-electron chi connectivity index (χ0n) is 19.0. The molecule has 1 aromatic carbocycles. The maximum atomic E-state index is 13.2. The highest BCUT2D eigenvalue weighted by atomic mass is 16.4. The van der Waals surface area contributed by atoms with Gasteiger partial charge in [-0.15, -0.1) is 0 Å². The van der Waals surface area contributed by atoms with E-state index in [0.717, 1.165) is 18.4 Å². The van der Waals surface area contributed by atoms with Crippen molar-refractivity contribution in [3.63, 3.8) is 0 Å². The van der Waals surface area contributed by atoms with Gasteiger partial charge in [0.25, 0.3) is 0 Å². The number of allylic oxidation sites excluding steroid dienone is 3. The molecule has 0 spiro atoms. The molecule has 1 N–H and O–H groups in total. The summed E-state index contributed by atoms with van der Waals surface area (Å²) in [5.41, 5.74) is 0.730. The minimum absolute atomic E-state index is 0.0448. The summed E-state index contributed by atoms with van der Waals surface area (Å²) in [4.78, 5) is 26.3. The smallest absolute Gasteiger partial charge is 0.311 e. The Bertz CT molecular complexity index is 852. The van der Waals surface area contributed by atoms with Gasteiger partial charge in [-0.1, -0.05) is 88.8 Å². The normalized spacial score (nSPS) is 36.0. The highest BCUT2D eigenvalue weighted by Gasteiger charge is 2.67. The van der Waals surface area contributed by atoms with E-state index in [1.807, 2.05) is 44.2 Å². The van der Waals surface area contributed by atoms with Gasteiger partial charge in [-0.2, -0.15) is 0 Å². The second kappa shape index (κ2) is 8.53. The van der Waals surface area contributed by atoms with E-state index in [0.29, 0.717) is 12.8 Å². The molecule has 2 aliphatic carbocycles. The van der Waals surface area contributed by atoms with Crippen molar-refractivity contribution in [1.82, 2.24) is 0 Å². The van der Waals surface area contributed by atoms with E-state index < -0.39 is 16.8 Å². The van der Waals surface area contributed by atoms with Gasteiger partial charge >= 0.3 is 5.97 Å². The van der Waals surface area contributed by atoms with E-state index in [1.54, 1.807) is 0 Å². The van der Waals surface area contributed by atoms with Gasteiger partial charge in [0.15, 0.2) is 0 Å². The molecule has 3 heteroatoms. The largest absolute Gasteiger partial charge is 0.481 e. The SMILES string of the molecule is CCC1=C[C@@](C=Cc2ccccc2)(CC)[C@](CC)(C(=O)O)[C@@H]2[C@@H]1[C@H](CC)C(=O)[C@H]2C. The maximum absolute atomic E-state index is 13.2. The van der Waals surface area contributed by atoms with E-state index in [1.165, 1.54) is 5.57 Å². The minimum atomic E-state index is -0.991. The van der Waals surface area contributed by atoms with Crippen molar-refractivity contribution in [2.45, 2.75) is 60.3 Å². The van der Waals surface area contributed by atoms with Crippen LogP contribution < -0.4 is 0 Å². The van der Waals surface area contributed by atoms with Gasteiger partial charge < -0.3 is 5.11 Å². The lowest BCUT2D eigenvalue weighted by Crippen LogP contribution is -2.56. The van der Waals surface area contributed by atoms with Crippen molar-refractivity contribution in [3.05, 3.63) is 53.6 Å². The average molecular weight is 409 g/mol. The Hall–Kier alpha value is -2.16. The van der Waals surface area contributed by atoms with E-state index >= 15 is 0 Å². The zero-order valence-corrected chi connectivity index (χ0v) is 19.0. The maximum Gasteiger partial charge on any atom is 0.311 e. The standard InChI is InChI=1S/C27H36O3/c1-6-20-17-26(8-3,16-15-19-13-11-10-12-14-19)27(9-4,25(29)30)23-18(5)24(28)21(7-2)22(20)23/h10-18,21-23H,6-9H2,1-5H3,(H,29,30)/t18-,21-,22-,23-,26-,27-/m0/s1. The molecule has 0 aromatic heterocycles. The van der Waals surface area contributed by atoms with Gasteiger partial charge in [-0.3, -0.25) is 9.59 Å². The van der Waals surface area contributed by atoms with Gasteiger partial charge in [0.05, 0.1) is 5.41 Å². The van der Waals surface area contributed by atoms with Crippen LogP contribution in [0.15, 0.2) is 48.1 Å². The number of Topliss-reactive ketones (excluding diaryl/α,β-unsaturated/α-hetero) is 1. The molecule has 6 atom stereocenters. The minimum Gasteiger partial charge on any atom is -0.481 e. The van der Waals surface area contributed by atoms with E-state index in [-0.39, 0.29) is 29.5 Å². The van der Waals surface area contributed by atoms with Gasteiger partial charge in [0.1, 0.15) is 5.78 Å². The van der Waals surface area contributed by atoms with Crippen molar-refractivity contribution >= 4 is 17.8 Å². The zero-order chi connectivity index (χ0) is 22.1. The summed E-state index contributed by atoms with van der Waals surface area (Å²) in [6.45, 7) is 10.3. The fourth-order valence-electron chi connectivity index (χ4n) is 6.73. The van der Waals surface area contributed by atoms with Crippen LogP contribution in [-0.4, -0.2) is 16.9 Å². The molecule has 30 heavy (non-hydrogen) atoms. The van der Waals surface area contributed by atoms with E-state index in [9.17, 15) is 14.7 Å². The van der Waals surface area contributed by atoms with Gasteiger partial charge in [-0.05, 0) is 43.1 Å². The third-order valence-corrected chi connectivity index (χ3v) is 8.19. The van der Waals surface area contributed by atoms with E-state index in [2.05, 4.69) is 39.0 Å². The number of carboxylic acids is 1. The first-order chi connectivity index (χ1) is 14.3. The average Bonchev–Trinajstić information content (AvgIpc) is 3.02. The van der Waals surface area contributed by atoms with Crippen LogP contribution in [0.5, 0.6) is 0 Å². The summed E-state index contributed by atoms with van der Waals surface area (Å²) in [6, 6.07) is 10.1. The first kappa shape index (κ1) is 22.5. The van der Waals surface area contributed by atoms with Crippen LogP contribution in [0.4, 0.5) is 0 Å². The van der Waals surface area contributed by atoms with Crippen LogP contribution in [-0.2, 0) is 9.59 Å². The first-order valence-electron chi connectivity index (χ1n) is 11.6. The molecule has 1 fully saturated rings. The lowest BCUT2D eigenvalue weighted by molar-refractivity contribution is -0.165. The lowest BCUT2D eigenvalue weighted by Gasteiger charge is -2.55. The van der Waals surface area contributed by atoms with Crippen LogP contribution in [0.2, 0.25) is 0 Å². The van der Waals surface area contributed by atoms with Crippen molar-refractivity contribution in [1.29, 1.82) is 0 Å². The molecule has 3 nitrogen and oxygen atoms in total. The third-order valence-electron chi connectivity index (χ3n) is 8.19. The van der Waals surface area contributed by atoms with Crippen molar-refractivity contribution < 1.29 is 14.7 Å². The molecule has 1 aromatic rings. The number of carbonyl (C=O) groups excluding carboxylic acids is 1. The van der Waals surface area contributed by atoms with Crippen molar-refractivity contribution in [3.8, 4) is 0 Å². The van der Waals surface area contributed by atoms with Crippen LogP contribution in [0.3, 0.4) is 0 Å². The summed E-state index contributed by atoms with van der Waals surface area (Å²) >= 11 is 0. The van der Waals surface area contributed by atoms with Crippen LogP contribution in [0.1, 0.15) is 65.9 Å². The highest BCUT2D eigenvalue weighted by molar-refractivity contribution is 5.90. The molecule has 0 heterocycles. The lowest BCUT2D eigenvalue weighted by atomic mass is 9.46. The molecular weight excluding hydrogens is 372 g/mol. The molecular formula is C27H36O3. The Morgan fingerprint density at radius 3 is 2.27 bits per heavy atom. The summed E-state index contributed by atoms with van der Waals surface area (Å²) in [5.74, 6) is -0.926. The predicted molar refractivity (Wildman–Crippen MR) is 122 cm³/mol. The predicted octanol–water partition coefficient (Wildman–Crippen LogP) is 6.40. The quantitative estimate of drug-likeness (QED) is 0.531. The van der Waals surface area contributed by atoms with E-state index in [4.69, 9.17) is 0 Å². The number of fused-ring (bicyclic) bond motifs is 1. The number of hydrogen-bond donors (Lipinski definition) is 1. The molecule has 0 aliphatic heterocycles. The Morgan fingerprint density at radius 2 is 1.77 bits per heavy atom. The Kier molecular flexibility index (Phi) is 6.40.